The van der Waals surface area contributed by atoms with Gasteiger partial charge in [0.15, 0.2) is 0 Å². The molecule has 0 aliphatic rings. The van der Waals surface area contributed by atoms with Gasteiger partial charge >= 0.3 is 5.97 Å². The van der Waals surface area contributed by atoms with Crippen molar-refractivity contribution in [3.8, 4) is 5.75 Å². The van der Waals surface area contributed by atoms with E-state index in [9.17, 15) is 14.3 Å². The van der Waals surface area contributed by atoms with Gasteiger partial charge in [-0.3, -0.25) is 0 Å². The Morgan fingerprint density at radius 3 is 2.71 bits per heavy atom. The van der Waals surface area contributed by atoms with Gasteiger partial charge in [-0.1, -0.05) is 0 Å². The Hall–Kier alpha value is -1.36. The zero-order chi connectivity index (χ0) is 10.7. The van der Waals surface area contributed by atoms with E-state index in [-0.39, 0.29) is 11.3 Å². The van der Waals surface area contributed by atoms with Gasteiger partial charge in [0.1, 0.15) is 11.6 Å². The number of benzene rings is 1. The number of phenols is 1. The summed E-state index contributed by atoms with van der Waals surface area (Å²) in [5, 5.41) is 17.7. The molecule has 1 aromatic carbocycles. The van der Waals surface area contributed by atoms with Gasteiger partial charge in [-0.2, -0.15) is 0 Å². The van der Waals surface area contributed by atoms with Gasteiger partial charge in [-0.25, -0.2) is 9.18 Å². The second-order valence-corrected chi connectivity index (χ2v) is 3.32. The van der Waals surface area contributed by atoms with Crippen molar-refractivity contribution in [1.82, 2.24) is 0 Å². The largest absolute Gasteiger partial charge is 0.506 e. The number of halogens is 2. The molecule has 1 rings (SSSR count). The molecule has 0 atom stereocenters. The fraction of sp³-hybridized carbons (Fsp3) is 0. The van der Waals surface area contributed by atoms with Crippen molar-refractivity contribution >= 4 is 28.0 Å². The van der Waals surface area contributed by atoms with E-state index in [1.165, 1.54) is 6.07 Å². The lowest BCUT2D eigenvalue weighted by molar-refractivity contribution is -0.131. The van der Waals surface area contributed by atoms with Gasteiger partial charge in [-0.15, -0.1) is 0 Å². The van der Waals surface area contributed by atoms with Crippen LogP contribution in [-0.4, -0.2) is 16.2 Å². The van der Waals surface area contributed by atoms with Crippen LogP contribution >= 0.6 is 15.9 Å². The number of carbonyl (C=O) groups is 1. The van der Waals surface area contributed by atoms with Crippen LogP contribution in [-0.2, 0) is 4.79 Å². The fourth-order valence-corrected chi connectivity index (χ4v) is 1.22. The summed E-state index contributed by atoms with van der Waals surface area (Å²) in [6.07, 6.45) is 1.75. The minimum Gasteiger partial charge on any atom is -0.506 e. The van der Waals surface area contributed by atoms with Crippen molar-refractivity contribution in [1.29, 1.82) is 0 Å². The van der Waals surface area contributed by atoms with Crippen LogP contribution in [0.4, 0.5) is 4.39 Å². The lowest BCUT2D eigenvalue weighted by Crippen LogP contribution is -1.88. The van der Waals surface area contributed by atoms with Crippen LogP contribution in [0.5, 0.6) is 5.75 Å². The highest BCUT2D eigenvalue weighted by molar-refractivity contribution is 9.10. The van der Waals surface area contributed by atoms with E-state index in [0.717, 1.165) is 18.2 Å². The molecule has 0 fully saturated rings. The van der Waals surface area contributed by atoms with Gasteiger partial charge in [0.2, 0.25) is 0 Å². The molecule has 0 saturated carbocycles. The maximum Gasteiger partial charge on any atom is 0.328 e. The summed E-state index contributed by atoms with van der Waals surface area (Å²) in [7, 11) is 0. The average molecular weight is 261 g/mol. The Balaban J connectivity index is 3.19. The third-order valence-corrected chi connectivity index (χ3v) is 2.15. The highest BCUT2D eigenvalue weighted by Gasteiger charge is 2.08. The maximum absolute atomic E-state index is 13.1. The standard InChI is InChI=1S/C9H6BrFO3/c10-6-2-3-7(11)5(9(6)14)1-4-8(12)13/h1-4,14H,(H,12,13)/b4-1+. The lowest BCUT2D eigenvalue weighted by atomic mass is 10.2. The number of hydrogen-bond acceptors (Lipinski definition) is 2. The number of carboxylic acids is 1. The molecular weight excluding hydrogens is 255 g/mol. The topological polar surface area (TPSA) is 57.5 Å². The van der Waals surface area contributed by atoms with E-state index in [2.05, 4.69) is 15.9 Å². The minimum absolute atomic E-state index is 0.151. The second-order valence-electron chi connectivity index (χ2n) is 2.46. The van der Waals surface area contributed by atoms with E-state index >= 15 is 0 Å². The third-order valence-electron chi connectivity index (χ3n) is 1.51. The molecule has 0 heterocycles. The molecule has 3 nitrogen and oxygen atoms in total. The first kappa shape index (κ1) is 10.7. The molecule has 0 unspecified atom stereocenters. The average Bonchev–Trinajstić information content (AvgIpc) is 2.11. The third kappa shape index (κ3) is 2.32. The summed E-state index contributed by atoms with van der Waals surface area (Å²) < 4.78 is 13.4. The Kier molecular flexibility index (Phi) is 3.24. The van der Waals surface area contributed by atoms with Crippen LogP contribution in [0.2, 0.25) is 0 Å². The fourth-order valence-electron chi connectivity index (χ4n) is 0.870. The molecule has 0 bridgehead atoms. The van der Waals surface area contributed by atoms with Crippen LogP contribution in [0.1, 0.15) is 5.56 Å². The quantitative estimate of drug-likeness (QED) is 0.803. The summed E-state index contributed by atoms with van der Waals surface area (Å²) >= 11 is 2.99. The summed E-state index contributed by atoms with van der Waals surface area (Å²) in [6.45, 7) is 0. The first-order chi connectivity index (χ1) is 6.52. The molecule has 5 heteroatoms. The molecular formula is C9H6BrFO3. The van der Waals surface area contributed by atoms with Crippen molar-refractivity contribution in [3.05, 3.63) is 34.1 Å². The minimum atomic E-state index is -1.20. The summed E-state index contributed by atoms with van der Waals surface area (Å²) in [5.74, 6) is -2.20. The van der Waals surface area contributed by atoms with Crippen molar-refractivity contribution in [2.45, 2.75) is 0 Å². The normalized spacial score (nSPS) is 10.7. The van der Waals surface area contributed by atoms with E-state index < -0.39 is 11.8 Å². The molecule has 2 N–H and O–H groups in total. The molecule has 0 radical (unpaired) electrons. The van der Waals surface area contributed by atoms with Crippen molar-refractivity contribution in [3.63, 3.8) is 0 Å². The van der Waals surface area contributed by atoms with Gasteiger partial charge in [0.25, 0.3) is 0 Å². The molecule has 14 heavy (non-hydrogen) atoms. The first-order valence-corrected chi connectivity index (χ1v) is 4.39. The zero-order valence-electron chi connectivity index (χ0n) is 6.87. The Morgan fingerprint density at radius 1 is 1.50 bits per heavy atom. The van der Waals surface area contributed by atoms with E-state index in [1.54, 1.807) is 0 Å². The van der Waals surface area contributed by atoms with Crippen LogP contribution in [0.25, 0.3) is 6.08 Å². The number of aliphatic carboxylic acids is 1. The molecule has 0 aliphatic carbocycles. The summed E-state index contributed by atoms with van der Waals surface area (Å²) in [6, 6.07) is 2.47. The SMILES string of the molecule is O=C(O)/C=C/c1c(F)ccc(Br)c1O. The molecule has 0 saturated heterocycles. The van der Waals surface area contributed by atoms with Crippen LogP contribution in [0.3, 0.4) is 0 Å². The highest BCUT2D eigenvalue weighted by atomic mass is 79.9. The van der Waals surface area contributed by atoms with Gasteiger partial charge < -0.3 is 10.2 Å². The molecule has 74 valence electrons. The maximum atomic E-state index is 13.1. The molecule has 0 spiro atoms. The second kappa shape index (κ2) is 4.23. The zero-order valence-corrected chi connectivity index (χ0v) is 8.45. The molecule has 1 aromatic rings. The lowest BCUT2D eigenvalue weighted by Gasteiger charge is -2.02. The van der Waals surface area contributed by atoms with Crippen LogP contribution in [0.15, 0.2) is 22.7 Å². The number of rotatable bonds is 2. The van der Waals surface area contributed by atoms with Gasteiger partial charge in [0, 0.05) is 6.08 Å². The molecule has 0 amide bonds. The summed E-state index contributed by atoms with van der Waals surface area (Å²) in [4.78, 5) is 10.2. The first-order valence-electron chi connectivity index (χ1n) is 3.60. The van der Waals surface area contributed by atoms with Crippen molar-refractivity contribution in [2.24, 2.45) is 0 Å². The smallest absolute Gasteiger partial charge is 0.328 e. The number of hydrogen-bond donors (Lipinski definition) is 2. The Morgan fingerprint density at radius 2 is 2.14 bits per heavy atom. The van der Waals surface area contributed by atoms with Gasteiger partial charge in [0.05, 0.1) is 10.0 Å². The predicted molar refractivity (Wildman–Crippen MR) is 52.4 cm³/mol. The number of carboxylic acid groups (broad SMARTS) is 1. The van der Waals surface area contributed by atoms with Crippen molar-refractivity contribution < 1.29 is 19.4 Å². The Bertz CT molecular complexity index is 401. The van der Waals surface area contributed by atoms with Crippen LogP contribution < -0.4 is 0 Å². The highest BCUT2D eigenvalue weighted by Crippen LogP contribution is 2.30. The number of aromatic hydroxyl groups is 1. The molecule has 0 aliphatic heterocycles. The van der Waals surface area contributed by atoms with Crippen LogP contribution in [0, 0.1) is 5.82 Å². The summed E-state index contributed by atoms with van der Waals surface area (Å²) in [5.41, 5.74) is -0.151. The van der Waals surface area contributed by atoms with E-state index in [1.807, 2.05) is 0 Å². The number of phenolic OH excluding ortho intramolecular Hbond substituents is 1. The van der Waals surface area contributed by atoms with E-state index in [4.69, 9.17) is 5.11 Å². The van der Waals surface area contributed by atoms with E-state index in [0.29, 0.717) is 4.47 Å². The van der Waals surface area contributed by atoms with Gasteiger partial charge in [-0.05, 0) is 34.1 Å². The monoisotopic (exact) mass is 260 g/mol. The molecule has 0 aromatic heterocycles. The predicted octanol–water partition coefficient (Wildman–Crippen LogP) is 2.39. The Labute approximate surface area is 87.6 Å². The van der Waals surface area contributed by atoms with Crippen molar-refractivity contribution in [2.75, 3.05) is 0 Å².